The number of hydrogen-bond donors (Lipinski definition) is 0. The van der Waals surface area contributed by atoms with Crippen molar-refractivity contribution >= 4 is 210 Å². The second-order valence-corrected chi connectivity index (χ2v) is 77.6. The zero-order valence-electron chi connectivity index (χ0n) is 16.2. The predicted octanol–water partition coefficient (Wildman–Crippen LogP) is 15.5. The van der Waals surface area contributed by atoms with E-state index in [0.717, 1.165) is 8.27 Å². The number of rotatable bonds is 27. The van der Waals surface area contributed by atoms with Gasteiger partial charge in [-0.1, -0.05) is 201 Å². The first kappa shape index (κ1) is 41.2. The highest BCUT2D eigenvalue weighted by Gasteiger charge is 1.95. The van der Waals surface area contributed by atoms with E-state index in [-0.39, 0.29) is 0 Å². The standard InChI is InChI=1S/C4H36P26/c1-6-13-17-20-22-24-26-28-30-29-27-25-23-21-19-16-12-4-9-8-3-11-15-18-14-10-2-7-5/h6-30H,2-5H2,1H3. The van der Waals surface area contributed by atoms with Crippen molar-refractivity contribution in [3.63, 3.8) is 0 Å². The summed E-state index contributed by atoms with van der Waals surface area (Å²) >= 11 is 0. The van der Waals surface area contributed by atoms with Gasteiger partial charge in [-0.05, 0) is 24.4 Å². The predicted molar refractivity (Wildman–Crippen MR) is 238 cm³/mol. The van der Waals surface area contributed by atoms with Crippen LogP contribution in [0.5, 0.6) is 0 Å². The van der Waals surface area contributed by atoms with Crippen LogP contribution >= 0.6 is 210 Å². The van der Waals surface area contributed by atoms with Crippen molar-refractivity contribution in [2.45, 2.75) is 0 Å². The number of hydrogen-bond acceptors (Lipinski definition) is 0. The zero-order chi connectivity index (χ0) is 21.8. The van der Waals surface area contributed by atoms with Gasteiger partial charge in [0.15, 0.2) is 0 Å². The molecule has 0 aliphatic heterocycles. The quantitative estimate of drug-likeness (QED) is 0.0569. The summed E-state index contributed by atoms with van der Waals surface area (Å²) in [5.41, 5.74) is 0. The fourth-order valence-electron chi connectivity index (χ4n) is 1.03. The molecule has 0 N–H and O–H groups in total. The van der Waals surface area contributed by atoms with Gasteiger partial charge < -0.3 is 0 Å². The highest BCUT2D eigenvalue weighted by atomic mass is 33.0. The van der Waals surface area contributed by atoms with Gasteiger partial charge in [0.1, 0.15) is 0 Å². The third-order valence-corrected chi connectivity index (χ3v) is 107. The molecule has 0 aromatic carbocycles. The van der Waals surface area contributed by atoms with Crippen LogP contribution in [-0.2, 0) is 0 Å². The van der Waals surface area contributed by atoms with Crippen molar-refractivity contribution in [3.8, 4) is 0 Å². The Kier molecular flexibility index (Phi) is 55.2. The van der Waals surface area contributed by atoms with Gasteiger partial charge in [-0.15, -0.1) is 8.93 Å². The van der Waals surface area contributed by atoms with E-state index in [1.165, 1.54) is 199 Å². The summed E-state index contributed by atoms with van der Waals surface area (Å²) in [6.45, 7) is 2.37. The largest absolute Gasteiger partial charge is 0.114 e. The molecule has 0 fully saturated rings. The molecule has 26 heteroatoms. The molecule has 0 nitrogen and oxygen atoms in total. The van der Waals surface area contributed by atoms with E-state index in [0.29, 0.717) is 0 Å². The third kappa shape index (κ3) is 39.2. The smallest absolute Gasteiger partial charge is 0.00991 e. The van der Waals surface area contributed by atoms with Crippen molar-refractivity contribution in [2.24, 2.45) is 0 Å². The lowest BCUT2D eigenvalue weighted by Crippen LogP contribution is -1.50. The van der Waals surface area contributed by atoms with Gasteiger partial charge in [-0.25, -0.2) is 0 Å². The average Bonchev–Trinajstić information content (AvgIpc) is 2.76. The topological polar surface area (TPSA) is 0 Å². The minimum atomic E-state index is 1.12. The molecule has 0 heterocycles. The molecule has 26 atom stereocenters. The Morgan fingerprint density at radius 2 is 0.667 bits per heavy atom. The molecule has 0 aromatic rings. The molecule has 26 unspecified atom stereocenters. The molecule has 0 aromatic heterocycles. The van der Waals surface area contributed by atoms with Gasteiger partial charge in [0.2, 0.25) is 0 Å². The van der Waals surface area contributed by atoms with Crippen LogP contribution in [0.4, 0.5) is 0 Å². The molecule has 0 bridgehead atoms. The van der Waals surface area contributed by atoms with E-state index in [1.54, 1.807) is 11.8 Å². The van der Waals surface area contributed by atoms with Crippen molar-refractivity contribution < 1.29 is 0 Å². The van der Waals surface area contributed by atoms with Crippen molar-refractivity contribution in [1.82, 2.24) is 0 Å². The summed E-state index contributed by atoms with van der Waals surface area (Å²) < 4.78 is 0. The molecule has 182 valence electrons. The minimum Gasteiger partial charge on any atom is -0.114 e. The molecule has 0 radical (unpaired) electrons. The van der Waals surface area contributed by atoms with Gasteiger partial charge >= 0.3 is 0 Å². The first-order valence-electron chi connectivity index (χ1n) is 8.16. The van der Waals surface area contributed by atoms with Gasteiger partial charge in [0, 0.05) is 0 Å². The van der Waals surface area contributed by atoms with Crippen LogP contribution in [0.2, 0.25) is 0 Å². The molecule has 0 amide bonds. The van der Waals surface area contributed by atoms with E-state index in [9.17, 15) is 0 Å². The van der Waals surface area contributed by atoms with Crippen molar-refractivity contribution in [1.29, 1.82) is 0 Å². The van der Waals surface area contributed by atoms with E-state index >= 15 is 0 Å². The lowest BCUT2D eigenvalue weighted by Gasteiger charge is -2.06. The van der Waals surface area contributed by atoms with Crippen LogP contribution < -0.4 is 0 Å². The molecule has 0 saturated heterocycles. The summed E-state index contributed by atoms with van der Waals surface area (Å²) in [4.78, 5) is 0. The fourth-order valence-corrected chi connectivity index (χ4v) is 148. The van der Waals surface area contributed by atoms with Crippen LogP contribution in [0.25, 0.3) is 0 Å². The van der Waals surface area contributed by atoms with Crippen LogP contribution in [-0.4, -0.2) is 24.4 Å². The summed E-state index contributed by atoms with van der Waals surface area (Å²) in [5, 5.41) is 0. The molecule has 0 aliphatic rings. The molecule has 0 spiro atoms. The van der Waals surface area contributed by atoms with Crippen LogP contribution in [0, 0.1) is 0 Å². The molecular weight excluding hydrogens is 853 g/mol. The first-order valence-corrected chi connectivity index (χ1v) is 57.7. The second-order valence-electron chi connectivity index (χ2n) is 4.12. The lowest BCUT2D eigenvalue weighted by atomic mass is 11.9. The Morgan fingerprint density at radius 1 is 0.367 bits per heavy atom. The fraction of sp³-hybridized carbons (Fsp3) is 1.00. The average molecular weight is 890 g/mol. The van der Waals surface area contributed by atoms with Gasteiger partial charge in [-0.3, -0.25) is 0 Å². The maximum absolute atomic E-state index is 2.90. The molecule has 0 aliphatic carbocycles. The summed E-state index contributed by atoms with van der Waals surface area (Å²) in [7, 11) is 36.5. The van der Waals surface area contributed by atoms with Gasteiger partial charge in [0.05, 0.1) is 0 Å². The Bertz CT molecular complexity index is 258. The zero-order valence-corrected chi connectivity index (χ0v) is 42.4. The first-order chi connectivity index (χ1) is 14.9. The third-order valence-electron chi connectivity index (χ3n) is 2.06. The van der Waals surface area contributed by atoms with Gasteiger partial charge in [-0.2, -0.15) is 0 Å². The van der Waals surface area contributed by atoms with E-state index < -0.39 is 0 Å². The lowest BCUT2D eigenvalue weighted by molar-refractivity contribution is 2.25. The normalized spacial score (nSPS) is 21.4. The van der Waals surface area contributed by atoms with Crippen LogP contribution in [0.3, 0.4) is 0 Å². The second kappa shape index (κ2) is 40.2. The maximum Gasteiger partial charge on any atom is -0.00991 e. The van der Waals surface area contributed by atoms with Gasteiger partial charge in [0.25, 0.3) is 0 Å². The molecular formula is C4H36P26. The van der Waals surface area contributed by atoms with Crippen molar-refractivity contribution in [3.05, 3.63) is 0 Å². The Labute approximate surface area is 232 Å². The van der Waals surface area contributed by atoms with Crippen molar-refractivity contribution in [2.75, 3.05) is 24.4 Å². The SMILES string of the molecule is CPPPPPPPPPPPPPPPPPCPPCPPPPPCPP. The van der Waals surface area contributed by atoms with Crippen LogP contribution in [0.15, 0.2) is 0 Å². The monoisotopic (exact) mass is 890 g/mol. The van der Waals surface area contributed by atoms with E-state index in [1.807, 2.05) is 0 Å². The Balaban J connectivity index is 2.97. The minimum absolute atomic E-state index is 1.12. The maximum atomic E-state index is 2.90. The highest BCUT2D eigenvalue weighted by molar-refractivity contribution is 8.90. The summed E-state index contributed by atoms with van der Waals surface area (Å²) in [6, 6.07) is 0. The van der Waals surface area contributed by atoms with Crippen LogP contribution in [0.1, 0.15) is 0 Å². The summed E-state index contributed by atoms with van der Waals surface area (Å²) in [6.07, 6.45) is 0. The molecule has 0 saturated carbocycles. The Hall–Kier alpha value is 11.2. The molecule has 0 rings (SSSR count). The van der Waals surface area contributed by atoms with E-state index in [2.05, 4.69) is 15.6 Å². The molecule has 30 heavy (non-hydrogen) atoms. The highest BCUT2D eigenvalue weighted by Crippen LogP contribution is 2.85. The Morgan fingerprint density at radius 3 is 1.03 bits per heavy atom. The summed E-state index contributed by atoms with van der Waals surface area (Å²) in [5.74, 6) is 4.72. The van der Waals surface area contributed by atoms with E-state index in [4.69, 9.17) is 0 Å².